The highest BCUT2D eigenvalue weighted by Crippen LogP contribution is 2.16. The van der Waals surface area contributed by atoms with Crippen molar-refractivity contribution in [1.82, 2.24) is 0 Å². The van der Waals surface area contributed by atoms with Crippen LogP contribution in [0.1, 0.15) is 6.92 Å². The van der Waals surface area contributed by atoms with E-state index in [0.29, 0.717) is 5.70 Å². The molecule has 44 valence electrons. The molecule has 0 aromatic rings. The second-order valence-electron chi connectivity index (χ2n) is 1.67. The van der Waals surface area contributed by atoms with Crippen LogP contribution in [0.25, 0.3) is 0 Å². The Morgan fingerprint density at radius 2 is 2.25 bits per heavy atom. The van der Waals surface area contributed by atoms with Gasteiger partial charge in [-0.25, -0.2) is 0 Å². The van der Waals surface area contributed by atoms with Gasteiger partial charge >= 0.3 is 5.91 Å². The predicted octanol–water partition coefficient (Wildman–Crippen LogP) is -0.00560. The van der Waals surface area contributed by atoms with Gasteiger partial charge in [0.25, 0.3) is 0 Å². The average molecular weight is 114 g/mol. The van der Waals surface area contributed by atoms with Crippen LogP contribution in [0, 0.1) is 0 Å². The Kier molecular flexibility index (Phi) is 0.922. The standard InChI is InChI=1S/C4H6N2O2/c1-3-2-4(7,8)6-5-3/h2,7-8H,1H3. The van der Waals surface area contributed by atoms with Gasteiger partial charge in [0.15, 0.2) is 0 Å². The van der Waals surface area contributed by atoms with E-state index in [1.165, 1.54) is 0 Å². The van der Waals surface area contributed by atoms with Crippen LogP contribution in [0.15, 0.2) is 22.0 Å². The quantitative estimate of drug-likeness (QED) is 0.435. The van der Waals surface area contributed by atoms with Crippen LogP contribution in [-0.2, 0) is 0 Å². The molecule has 0 radical (unpaired) electrons. The third kappa shape index (κ3) is 0.907. The SMILES string of the molecule is CC1=CC(O)(O)N=N1. The van der Waals surface area contributed by atoms with Crippen LogP contribution in [-0.4, -0.2) is 16.1 Å². The highest BCUT2D eigenvalue weighted by Gasteiger charge is 2.22. The summed E-state index contributed by atoms with van der Waals surface area (Å²) in [4.78, 5) is 0. The van der Waals surface area contributed by atoms with Gasteiger partial charge in [-0.2, -0.15) is 5.11 Å². The third-order valence-corrected chi connectivity index (χ3v) is 0.757. The van der Waals surface area contributed by atoms with Gasteiger partial charge in [-0.15, -0.1) is 5.11 Å². The van der Waals surface area contributed by atoms with Gasteiger partial charge in [-0.1, -0.05) is 0 Å². The molecule has 0 spiro atoms. The van der Waals surface area contributed by atoms with Gasteiger partial charge in [0.05, 0.1) is 5.70 Å². The molecule has 0 saturated heterocycles. The van der Waals surface area contributed by atoms with Crippen LogP contribution in [0.4, 0.5) is 0 Å². The van der Waals surface area contributed by atoms with Crippen molar-refractivity contribution in [2.24, 2.45) is 10.2 Å². The number of hydrogen-bond acceptors (Lipinski definition) is 4. The second-order valence-corrected chi connectivity index (χ2v) is 1.67. The van der Waals surface area contributed by atoms with Gasteiger partial charge in [-0.05, 0) is 6.92 Å². The van der Waals surface area contributed by atoms with Crippen LogP contribution in [0.5, 0.6) is 0 Å². The summed E-state index contributed by atoms with van der Waals surface area (Å²) in [6.45, 7) is 1.64. The van der Waals surface area contributed by atoms with Gasteiger partial charge in [0.1, 0.15) is 0 Å². The first-order valence-corrected chi connectivity index (χ1v) is 2.17. The number of aliphatic hydroxyl groups is 2. The van der Waals surface area contributed by atoms with Crippen molar-refractivity contribution in [3.63, 3.8) is 0 Å². The molecule has 0 atom stereocenters. The number of azo groups is 1. The highest BCUT2D eigenvalue weighted by molar-refractivity contribution is 5.06. The van der Waals surface area contributed by atoms with E-state index >= 15 is 0 Å². The zero-order valence-electron chi connectivity index (χ0n) is 4.37. The summed E-state index contributed by atoms with van der Waals surface area (Å²) in [5.41, 5.74) is 0.523. The maximum Gasteiger partial charge on any atom is 0.306 e. The third-order valence-electron chi connectivity index (χ3n) is 0.757. The van der Waals surface area contributed by atoms with E-state index < -0.39 is 5.91 Å². The van der Waals surface area contributed by atoms with Crippen molar-refractivity contribution >= 4 is 0 Å². The lowest BCUT2D eigenvalue weighted by Gasteiger charge is -2.01. The first kappa shape index (κ1) is 5.40. The molecule has 8 heavy (non-hydrogen) atoms. The fourth-order valence-electron chi connectivity index (χ4n) is 0.490. The van der Waals surface area contributed by atoms with E-state index in [1.807, 2.05) is 0 Å². The van der Waals surface area contributed by atoms with Gasteiger partial charge < -0.3 is 10.2 Å². The van der Waals surface area contributed by atoms with Crippen LogP contribution >= 0.6 is 0 Å². The zero-order chi connectivity index (χ0) is 6.20. The van der Waals surface area contributed by atoms with Gasteiger partial charge in [0.2, 0.25) is 0 Å². The largest absolute Gasteiger partial charge is 0.343 e. The lowest BCUT2D eigenvalue weighted by atomic mass is 10.4. The fraction of sp³-hybridized carbons (Fsp3) is 0.500. The van der Waals surface area contributed by atoms with Crippen molar-refractivity contribution < 1.29 is 10.2 Å². The molecule has 0 unspecified atom stereocenters. The number of rotatable bonds is 0. The van der Waals surface area contributed by atoms with Gasteiger partial charge in [-0.3, -0.25) is 0 Å². The maximum atomic E-state index is 8.58. The molecular formula is C4H6N2O2. The maximum absolute atomic E-state index is 8.58. The smallest absolute Gasteiger partial charge is 0.306 e. The summed E-state index contributed by atoms with van der Waals surface area (Å²) in [6.07, 6.45) is 1.16. The van der Waals surface area contributed by atoms with Crippen molar-refractivity contribution in [3.05, 3.63) is 11.8 Å². The molecule has 2 N–H and O–H groups in total. The summed E-state index contributed by atoms with van der Waals surface area (Å²) in [6, 6.07) is 0. The van der Waals surface area contributed by atoms with Crippen LogP contribution in [0.3, 0.4) is 0 Å². The van der Waals surface area contributed by atoms with Crippen molar-refractivity contribution in [1.29, 1.82) is 0 Å². The lowest BCUT2D eigenvalue weighted by Crippen LogP contribution is -2.18. The van der Waals surface area contributed by atoms with Crippen LogP contribution in [0.2, 0.25) is 0 Å². The van der Waals surface area contributed by atoms with Crippen molar-refractivity contribution in [2.75, 3.05) is 0 Å². The van der Waals surface area contributed by atoms with E-state index in [1.54, 1.807) is 6.92 Å². The molecule has 0 aromatic heterocycles. The molecule has 0 fully saturated rings. The summed E-state index contributed by atoms with van der Waals surface area (Å²) >= 11 is 0. The van der Waals surface area contributed by atoms with Gasteiger partial charge in [0, 0.05) is 6.08 Å². The van der Waals surface area contributed by atoms with E-state index in [9.17, 15) is 0 Å². The Bertz CT molecular complexity index is 159. The predicted molar refractivity (Wildman–Crippen MR) is 25.8 cm³/mol. The summed E-state index contributed by atoms with van der Waals surface area (Å²) in [5, 5.41) is 23.6. The molecular weight excluding hydrogens is 108 g/mol. The molecule has 0 aromatic carbocycles. The van der Waals surface area contributed by atoms with Crippen molar-refractivity contribution in [3.8, 4) is 0 Å². The minimum atomic E-state index is -2.04. The molecule has 1 heterocycles. The van der Waals surface area contributed by atoms with E-state index in [4.69, 9.17) is 10.2 Å². The Balaban J connectivity index is 2.84. The molecule has 1 aliphatic rings. The first-order valence-electron chi connectivity index (χ1n) is 2.17. The zero-order valence-corrected chi connectivity index (χ0v) is 4.37. The molecule has 1 aliphatic heterocycles. The summed E-state index contributed by atoms with van der Waals surface area (Å²) < 4.78 is 0. The monoisotopic (exact) mass is 114 g/mol. The molecule has 4 nitrogen and oxygen atoms in total. The average Bonchev–Trinajstić information content (AvgIpc) is 1.82. The minimum absolute atomic E-state index is 0.523. The number of hydrogen-bond donors (Lipinski definition) is 2. The number of allylic oxidation sites excluding steroid dienone is 1. The Morgan fingerprint density at radius 1 is 1.62 bits per heavy atom. The lowest BCUT2D eigenvalue weighted by molar-refractivity contribution is -0.110. The topological polar surface area (TPSA) is 65.2 Å². The molecule has 0 aliphatic carbocycles. The Hall–Kier alpha value is -0.740. The molecule has 0 bridgehead atoms. The Morgan fingerprint density at radius 3 is 2.38 bits per heavy atom. The minimum Gasteiger partial charge on any atom is -0.343 e. The Labute approximate surface area is 46.2 Å². The summed E-state index contributed by atoms with van der Waals surface area (Å²) in [5.74, 6) is -2.04. The van der Waals surface area contributed by atoms with E-state index in [0.717, 1.165) is 6.08 Å². The van der Waals surface area contributed by atoms with E-state index in [-0.39, 0.29) is 0 Å². The number of nitrogens with zero attached hydrogens (tertiary/aromatic N) is 2. The van der Waals surface area contributed by atoms with E-state index in [2.05, 4.69) is 10.2 Å². The molecule has 0 saturated carbocycles. The highest BCUT2D eigenvalue weighted by atomic mass is 16.5. The van der Waals surface area contributed by atoms with Crippen LogP contribution < -0.4 is 0 Å². The second kappa shape index (κ2) is 1.37. The molecule has 4 heteroatoms. The fourth-order valence-corrected chi connectivity index (χ4v) is 0.490. The first-order chi connectivity index (χ1) is 3.60. The molecule has 0 amide bonds. The molecule has 1 rings (SSSR count). The van der Waals surface area contributed by atoms with Crippen molar-refractivity contribution in [2.45, 2.75) is 12.8 Å². The summed E-state index contributed by atoms with van der Waals surface area (Å²) in [7, 11) is 0. The normalized spacial score (nSPS) is 23.6.